The molecular weight excluding hydrogens is 468 g/mol. The fourth-order valence-electron chi connectivity index (χ4n) is 2.85. The van der Waals surface area contributed by atoms with Gasteiger partial charge in [-0.05, 0) is 37.3 Å². The van der Waals surface area contributed by atoms with Gasteiger partial charge in [-0.2, -0.15) is 0 Å². The van der Waals surface area contributed by atoms with Crippen LogP contribution in [0.1, 0.15) is 12.7 Å². The SMILES string of the molecule is CCN(Cc1nc2ccccc2c(=O)[nH]1)C(=O)CSCC(=O)Nc1cccc(Br)c1. The summed E-state index contributed by atoms with van der Waals surface area (Å²) in [7, 11) is 0. The number of rotatable bonds is 8. The highest BCUT2D eigenvalue weighted by molar-refractivity contribution is 9.10. The Hall–Kier alpha value is -2.65. The molecule has 0 aliphatic heterocycles. The molecule has 2 amide bonds. The lowest BCUT2D eigenvalue weighted by atomic mass is 10.2. The predicted octanol–water partition coefficient (Wildman–Crippen LogP) is 3.41. The number of carbonyl (C=O) groups is 2. The second-order valence-electron chi connectivity index (χ2n) is 6.49. The number of nitrogens with one attached hydrogen (secondary N) is 2. The number of hydrogen-bond acceptors (Lipinski definition) is 5. The van der Waals surface area contributed by atoms with E-state index in [0.717, 1.165) is 4.47 Å². The highest BCUT2D eigenvalue weighted by Crippen LogP contribution is 2.16. The smallest absolute Gasteiger partial charge is 0.258 e. The Labute approximate surface area is 186 Å². The van der Waals surface area contributed by atoms with E-state index in [4.69, 9.17) is 0 Å². The Morgan fingerprint density at radius 1 is 1.17 bits per heavy atom. The molecule has 0 saturated carbocycles. The van der Waals surface area contributed by atoms with Crippen molar-refractivity contribution in [2.75, 3.05) is 23.4 Å². The van der Waals surface area contributed by atoms with Gasteiger partial charge in [0.15, 0.2) is 0 Å². The van der Waals surface area contributed by atoms with Gasteiger partial charge in [0.2, 0.25) is 11.8 Å². The van der Waals surface area contributed by atoms with Gasteiger partial charge < -0.3 is 15.2 Å². The Kier molecular flexibility index (Phi) is 7.64. The lowest BCUT2D eigenvalue weighted by Crippen LogP contribution is -2.33. The lowest BCUT2D eigenvalue weighted by molar-refractivity contribution is -0.128. The summed E-state index contributed by atoms with van der Waals surface area (Å²) in [5.74, 6) is 0.479. The quantitative estimate of drug-likeness (QED) is 0.506. The number of amides is 2. The maximum absolute atomic E-state index is 12.6. The molecule has 0 atom stereocenters. The van der Waals surface area contributed by atoms with E-state index in [2.05, 4.69) is 31.2 Å². The number of halogens is 1. The van der Waals surface area contributed by atoms with Gasteiger partial charge in [-0.15, -0.1) is 11.8 Å². The van der Waals surface area contributed by atoms with Crippen molar-refractivity contribution < 1.29 is 9.59 Å². The zero-order chi connectivity index (χ0) is 21.5. The largest absolute Gasteiger partial charge is 0.335 e. The number of thioether (sulfide) groups is 1. The van der Waals surface area contributed by atoms with Crippen LogP contribution in [0.15, 0.2) is 57.8 Å². The zero-order valence-corrected chi connectivity index (χ0v) is 18.8. The molecule has 156 valence electrons. The van der Waals surface area contributed by atoms with Crippen molar-refractivity contribution in [3.8, 4) is 0 Å². The molecule has 0 aliphatic rings. The summed E-state index contributed by atoms with van der Waals surface area (Å²) < 4.78 is 0.877. The second-order valence-corrected chi connectivity index (χ2v) is 8.39. The van der Waals surface area contributed by atoms with Crippen LogP contribution in [0, 0.1) is 0 Å². The molecule has 1 heterocycles. The monoisotopic (exact) mass is 488 g/mol. The van der Waals surface area contributed by atoms with Gasteiger partial charge in [-0.25, -0.2) is 4.98 Å². The first-order valence-electron chi connectivity index (χ1n) is 9.35. The van der Waals surface area contributed by atoms with Gasteiger partial charge in [-0.1, -0.05) is 34.1 Å². The molecule has 0 spiro atoms. The molecule has 3 rings (SSSR count). The number of anilines is 1. The number of benzene rings is 2. The third-order valence-corrected chi connectivity index (χ3v) is 5.71. The van der Waals surface area contributed by atoms with Crippen LogP contribution in [0.4, 0.5) is 5.69 Å². The first-order chi connectivity index (χ1) is 14.5. The fraction of sp³-hybridized carbons (Fsp3) is 0.238. The van der Waals surface area contributed by atoms with Crippen LogP contribution in [0.5, 0.6) is 0 Å². The number of aromatic nitrogens is 2. The van der Waals surface area contributed by atoms with Gasteiger partial charge in [0, 0.05) is 16.7 Å². The third-order valence-electron chi connectivity index (χ3n) is 4.30. The van der Waals surface area contributed by atoms with E-state index in [1.54, 1.807) is 29.2 Å². The maximum Gasteiger partial charge on any atom is 0.258 e. The van der Waals surface area contributed by atoms with Gasteiger partial charge in [0.1, 0.15) is 5.82 Å². The molecule has 0 bridgehead atoms. The molecular formula is C21H21BrN4O3S. The first kappa shape index (κ1) is 22.0. The summed E-state index contributed by atoms with van der Waals surface area (Å²) in [4.78, 5) is 45.6. The average Bonchev–Trinajstić information content (AvgIpc) is 2.72. The Balaban J connectivity index is 1.53. The normalized spacial score (nSPS) is 10.7. The van der Waals surface area contributed by atoms with Crippen LogP contribution in [-0.4, -0.2) is 44.7 Å². The molecule has 0 aliphatic carbocycles. The number of H-pyrrole nitrogens is 1. The highest BCUT2D eigenvalue weighted by atomic mass is 79.9. The summed E-state index contributed by atoms with van der Waals surface area (Å²) in [5.41, 5.74) is 1.07. The topological polar surface area (TPSA) is 95.2 Å². The number of aromatic amines is 1. The van der Waals surface area contributed by atoms with E-state index in [-0.39, 0.29) is 35.4 Å². The van der Waals surface area contributed by atoms with Gasteiger partial charge in [0.05, 0.1) is 29.0 Å². The van der Waals surface area contributed by atoms with Gasteiger partial charge in [-0.3, -0.25) is 14.4 Å². The van der Waals surface area contributed by atoms with Crippen LogP contribution in [-0.2, 0) is 16.1 Å². The molecule has 7 nitrogen and oxygen atoms in total. The van der Waals surface area contributed by atoms with Gasteiger partial charge in [0.25, 0.3) is 5.56 Å². The minimum Gasteiger partial charge on any atom is -0.335 e. The van der Waals surface area contributed by atoms with Crippen molar-refractivity contribution in [1.29, 1.82) is 0 Å². The third kappa shape index (κ3) is 5.93. The summed E-state index contributed by atoms with van der Waals surface area (Å²) in [6.45, 7) is 2.54. The molecule has 30 heavy (non-hydrogen) atoms. The maximum atomic E-state index is 12.6. The Morgan fingerprint density at radius 2 is 1.97 bits per heavy atom. The first-order valence-corrected chi connectivity index (χ1v) is 11.3. The molecule has 0 saturated heterocycles. The summed E-state index contributed by atoms with van der Waals surface area (Å²) >= 11 is 4.60. The van der Waals surface area contributed by atoms with Crippen molar-refractivity contribution in [2.24, 2.45) is 0 Å². The Bertz CT molecular complexity index is 1120. The number of carbonyl (C=O) groups excluding carboxylic acids is 2. The predicted molar refractivity (Wildman–Crippen MR) is 124 cm³/mol. The number of hydrogen-bond donors (Lipinski definition) is 2. The van der Waals surface area contributed by atoms with Crippen molar-refractivity contribution in [3.63, 3.8) is 0 Å². The standard InChI is InChI=1S/C21H21BrN4O3S/c1-2-26(11-18-24-17-9-4-3-8-16(17)21(29)25-18)20(28)13-30-12-19(27)23-15-7-5-6-14(22)10-15/h3-10H,2,11-13H2,1H3,(H,23,27)(H,24,25,29). The van der Waals surface area contributed by atoms with Crippen molar-refractivity contribution >= 4 is 56.1 Å². The van der Waals surface area contributed by atoms with Crippen molar-refractivity contribution in [3.05, 3.63) is 69.2 Å². The zero-order valence-electron chi connectivity index (χ0n) is 16.4. The minimum absolute atomic E-state index is 0.117. The van der Waals surface area contributed by atoms with Crippen LogP contribution >= 0.6 is 27.7 Å². The number of fused-ring (bicyclic) bond motifs is 1. The van der Waals surface area contributed by atoms with E-state index >= 15 is 0 Å². The van der Waals surface area contributed by atoms with E-state index < -0.39 is 0 Å². The van der Waals surface area contributed by atoms with Gasteiger partial charge >= 0.3 is 0 Å². The molecule has 0 fully saturated rings. The molecule has 3 aromatic rings. The fourth-order valence-corrected chi connectivity index (χ4v) is 3.97. The van der Waals surface area contributed by atoms with Crippen molar-refractivity contribution in [1.82, 2.24) is 14.9 Å². The molecule has 0 radical (unpaired) electrons. The summed E-state index contributed by atoms with van der Waals surface area (Å²) in [6.07, 6.45) is 0. The number of para-hydroxylation sites is 1. The van der Waals surface area contributed by atoms with Crippen molar-refractivity contribution in [2.45, 2.75) is 13.5 Å². The number of nitrogens with zero attached hydrogens (tertiary/aromatic N) is 2. The van der Waals surface area contributed by atoms with Crippen LogP contribution in [0.2, 0.25) is 0 Å². The van der Waals surface area contributed by atoms with E-state index in [9.17, 15) is 14.4 Å². The Morgan fingerprint density at radius 3 is 2.73 bits per heavy atom. The highest BCUT2D eigenvalue weighted by Gasteiger charge is 2.15. The van der Waals surface area contributed by atoms with Crippen LogP contribution in [0.25, 0.3) is 10.9 Å². The molecule has 9 heteroatoms. The molecule has 2 aromatic carbocycles. The van der Waals surface area contributed by atoms with E-state index in [1.807, 2.05) is 31.2 Å². The average molecular weight is 489 g/mol. The molecule has 2 N–H and O–H groups in total. The van der Waals surface area contributed by atoms with Crippen LogP contribution < -0.4 is 10.9 Å². The lowest BCUT2D eigenvalue weighted by Gasteiger charge is -2.20. The minimum atomic E-state index is -0.224. The second kappa shape index (κ2) is 10.4. The van der Waals surface area contributed by atoms with Crippen LogP contribution in [0.3, 0.4) is 0 Å². The molecule has 0 unspecified atom stereocenters. The summed E-state index contributed by atoms with van der Waals surface area (Å²) in [6, 6.07) is 14.4. The van der Waals surface area contributed by atoms with E-state index in [0.29, 0.717) is 29.0 Å². The molecule has 1 aromatic heterocycles. The van der Waals surface area contributed by atoms with E-state index in [1.165, 1.54) is 11.8 Å². The summed E-state index contributed by atoms with van der Waals surface area (Å²) in [5, 5.41) is 3.31.